The minimum atomic E-state index is -3.37. The van der Waals surface area contributed by atoms with Gasteiger partial charge in [-0.15, -0.1) is 0 Å². The largest absolute Gasteiger partial charge is 0.340 e. The number of carbonyl (C=O) groups is 1. The van der Waals surface area contributed by atoms with E-state index in [2.05, 4.69) is 5.32 Å². The zero-order valence-corrected chi connectivity index (χ0v) is 16.7. The SMILES string of the molecule is O=C(CCC1CCNCC1)N1CCN(S(=O)(=O)N2CCCCCC2)CC1. The normalized spacial score (nSPS) is 25.2. The maximum Gasteiger partial charge on any atom is 0.282 e. The number of nitrogens with zero attached hydrogens (tertiary/aromatic N) is 3. The molecule has 3 aliphatic heterocycles. The third-order valence-corrected chi connectivity index (χ3v) is 8.07. The van der Waals surface area contributed by atoms with Crippen LogP contribution in [0.1, 0.15) is 51.4 Å². The molecule has 3 saturated heterocycles. The van der Waals surface area contributed by atoms with Crippen LogP contribution in [0.2, 0.25) is 0 Å². The number of amides is 1. The maximum atomic E-state index is 12.8. The van der Waals surface area contributed by atoms with E-state index in [1.165, 1.54) is 0 Å². The molecule has 150 valence electrons. The van der Waals surface area contributed by atoms with Gasteiger partial charge in [0.05, 0.1) is 0 Å². The first-order chi connectivity index (χ1) is 12.6. The van der Waals surface area contributed by atoms with Crippen molar-refractivity contribution in [2.45, 2.75) is 51.4 Å². The Balaban J connectivity index is 1.44. The maximum absolute atomic E-state index is 12.8. The topological polar surface area (TPSA) is 73.0 Å². The van der Waals surface area contributed by atoms with Crippen molar-refractivity contribution in [3.63, 3.8) is 0 Å². The van der Waals surface area contributed by atoms with E-state index in [9.17, 15) is 13.2 Å². The van der Waals surface area contributed by atoms with E-state index >= 15 is 0 Å². The number of piperazine rings is 1. The van der Waals surface area contributed by atoms with Gasteiger partial charge in [-0.1, -0.05) is 12.8 Å². The van der Waals surface area contributed by atoms with Gasteiger partial charge in [0, 0.05) is 45.7 Å². The molecular weight excluding hydrogens is 352 g/mol. The molecule has 3 fully saturated rings. The summed E-state index contributed by atoms with van der Waals surface area (Å²) < 4.78 is 28.9. The molecule has 1 N–H and O–H groups in total. The quantitative estimate of drug-likeness (QED) is 0.766. The van der Waals surface area contributed by atoms with Crippen LogP contribution in [0.15, 0.2) is 0 Å². The zero-order chi connectivity index (χ0) is 18.4. The van der Waals surface area contributed by atoms with Gasteiger partial charge in [-0.25, -0.2) is 0 Å². The predicted molar refractivity (Wildman–Crippen MR) is 102 cm³/mol. The third-order valence-electron chi connectivity index (χ3n) is 6.03. The van der Waals surface area contributed by atoms with Gasteiger partial charge in [0.15, 0.2) is 0 Å². The summed E-state index contributed by atoms with van der Waals surface area (Å²) in [6.07, 6.45) is 8.03. The molecule has 7 nitrogen and oxygen atoms in total. The minimum Gasteiger partial charge on any atom is -0.340 e. The van der Waals surface area contributed by atoms with Crippen molar-refractivity contribution in [2.24, 2.45) is 5.92 Å². The van der Waals surface area contributed by atoms with Crippen LogP contribution < -0.4 is 5.32 Å². The second-order valence-corrected chi connectivity index (χ2v) is 9.76. The summed E-state index contributed by atoms with van der Waals surface area (Å²) in [5, 5.41) is 3.35. The fraction of sp³-hybridized carbons (Fsp3) is 0.944. The van der Waals surface area contributed by atoms with Crippen LogP contribution >= 0.6 is 0 Å². The molecule has 0 bridgehead atoms. The number of nitrogens with one attached hydrogen (secondary N) is 1. The summed E-state index contributed by atoms with van der Waals surface area (Å²) in [4.78, 5) is 14.3. The fourth-order valence-electron chi connectivity index (χ4n) is 4.26. The molecule has 0 aromatic heterocycles. The monoisotopic (exact) mass is 386 g/mol. The second-order valence-electron chi connectivity index (χ2n) is 7.83. The van der Waals surface area contributed by atoms with Crippen LogP contribution in [0, 0.1) is 5.92 Å². The molecule has 3 rings (SSSR count). The predicted octanol–water partition coefficient (Wildman–Crippen LogP) is 1.03. The Morgan fingerprint density at radius 2 is 1.42 bits per heavy atom. The molecule has 0 atom stereocenters. The third kappa shape index (κ3) is 5.18. The molecule has 0 aromatic carbocycles. The molecule has 0 spiro atoms. The van der Waals surface area contributed by atoms with Crippen molar-refractivity contribution in [1.82, 2.24) is 18.8 Å². The first kappa shape index (κ1) is 20.0. The molecule has 3 heterocycles. The highest BCUT2D eigenvalue weighted by Gasteiger charge is 2.33. The van der Waals surface area contributed by atoms with Crippen molar-refractivity contribution in [2.75, 3.05) is 52.4 Å². The molecule has 0 unspecified atom stereocenters. The smallest absolute Gasteiger partial charge is 0.282 e. The minimum absolute atomic E-state index is 0.190. The average Bonchev–Trinajstić information content (AvgIpc) is 2.97. The highest BCUT2D eigenvalue weighted by molar-refractivity contribution is 7.86. The van der Waals surface area contributed by atoms with Crippen LogP contribution in [0.4, 0.5) is 0 Å². The number of hydrogen-bond acceptors (Lipinski definition) is 4. The Kier molecular flexibility index (Phi) is 7.31. The zero-order valence-electron chi connectivity index (χ0n) is 15.9. The Hall–Kier alpha value is -0.700. The van der Waals surface area contributed by atoms with Gasteiger partial charge in [0.1, 0.15) is 0 Å². The summed E-state index contributed by atoms with van der Waals surface area (Å²) in [5.41, 5.74) is 0. The molecule has 0 radical (unpaired) electrons. The van der Waals surface area contributed by atoms with Gasteiger partial charge in [-0.3, -0.25) is 4.79 Å². The van der Waals surface area contributed by atoms with Gasteiger partial charge in [-0.2, -0.15) is 17.0 Å². The number of rotatable bonds is 5. The first-order valence-corrected chi connectivity index (χ1v) is 11.7. The molecule has 3 aliphatic rings. The Morgan fingerprint density at radius 1 is 0.846 bits per heavy atom. The Bertz CT molecular complexity index is 547. The van der Waals surface area contributed by atoms with Crippen molar-refractivity contribution in [3.8, 4) is 0 Å². The summed E-state index contributed by atoms with van der Waals surface area (Å²) in [7, 11) is -3.37. The van der Waals surface area contributed by atoms with Gasteiger partial charge in [-0.05, 0) is 51.1 Å². The van der Waals surface area contributed by atoms with Crippen LogP contribution in [-0.4, -0.2) is 80.2 Å². The molecule has 0 saturated carbocycles. The van der Waals surface area contributed by atoms with Crippen molar-refractivity contribution < 1.29 is 13.2 Å². The van der Waals surface area contributed by atoms with Crippen molar-refractivity contribution in [3.05, 3.63) is 0 Å². The number of hydrogen-bond donors (Lipinski definition) is 1. The molecule has 8 heteroatoms. The second kappa shape index (κ2) is 9.48. The molecule has 1 amide bonds. The summed E-state index contributed by atoms with van der Waals surface area (Å²) in [5.74, 6) is 0.847. The van der Waals surface area contributed by atoms with Crippen molar-refractivity contribution in [1.29, 1.82) is 0 Å². The van der Waals surface area contributed by atoms with E-state index in [1.807, 2.05) is 4.90 Å². The molecular formula is C18H34N4O3S. The lowest BCUT2D eigenvalue weighted by Gasteiger charge is -2.36. The summed E-state index contributed by atoms with van der Waals surface area (Å²) in [6, 6.07) is 0. The summed E-state index contributed by atoms with van der Waals surface area (Å²) >= 11 is 0. The highest BCUT2D eigenvalue weighted by atomic mass is 32.2. The summed E-state index contributed by atoms with van der Waals surface area (Å²) in [6.45, 7) is 5.30. The number of carbonyl (C=O) groups excluding carboxylic acids is 1. The molecule has 26 heavy (non-hydrogen) atoms. The van der Waals surface area contributed by atoms with Crippen LogP contribution in [0.5, 0.6) is 0 Å². The van der Waals surface area contributed by atoms with Gasteiger partial charge in [0.25, 0.3) is 10.2 Å². The van der Waals surface area contributed by atoms with E-state index in [-0.39, 0.29) is 5.91 Å². The van der Waals surface area contributed by atoms with Crippen LogP contribution in [0.25, 0.3) is 0 Å². The van der Waals surface area contributed by atoms with Crippen LogP contribution in [0.3, 0.4) is 0 Å². The van der Waals surface area contributed by atoms with E-state index in [0.717, 1.165) is 58.0 Å². The Labute approximate surface area is 158 Å². The van der Waals surface area contributed by atoms with E-state index in [1.54, 1.807) is 8.61 Å². The molecule has 0 aliphatic carbocycles. The van der Waals surface area contributed by atoms with E-state index in [0.29, 0.717) is 51.6 Å². The lowest BCUT2D eigenvalue weighted by Crippen LogP contribution is -2.54. The van der Waals surface area contributed by atoms with Gasteiger partial charge >= 0.3 is 0 Å². The van der Waals surface area contributed by atoms with E-state index in [4.69, 9.17) is 0 Å². The highest BCUT2D eigenvalue weighted by Crippen LogP contribution is 2.20. The van der Waals surface area contributed by atoms with Crippen LogP contribution in [-0.2, 0) is 15.0 Å². The van der Waals surface area contributed by atoms with E-state index < -0.39 is 10.2 Å². The fourth-order valence-corrected chi connectivity index (χ4v) is 5.93. The van der Waals surface area contributed by atoms with Gasteiger partial charge in [0.2, 0.25) is 5.91 Å². The standard InChI is InChI=1S/C18H34N4O3S/c23-18(6-5-17-7-9-19-10-8-17)20-13-15-22(16-14-20)26(24,25)21-11-3-1-2-4-12-21/h17,19H,1-16H2. The molecule has 0 aromatic rings. The first-order valence-electron chi connectivity index (χ1n) is 10.3. The van der Waals surface area contributed by atoms with Gasteiger partial charge < -0.3 is 10.2 Å². The van der Waals surface area contributed by atoms with Crippen molar-refractivity contribution >= 4 is 16.1 Å². The Morgan fingerprint density at radius 3 is 2.04 bits per heavy atom. The lowest BCUT2D eigenvalue weighted by molar-refractivity contribution is -0.132. The number of piperidine rings is 1. The lowest BCUT2D eigenvalue weighted by atomic mass is 9.93. The average molecular weight is 387 g/mol.